The highest BCUT2D eigenvalue weighted by Gasteiger charge is 2.30. The third-order valence-corrected chi connectivity index (χ3v) is 18.9. The van der Waals surface area contributed by atoms with Crippen LogP contribution < -0.4 is 0 Å². The first-order valence-corrected chi connectivity index (χ1v) is 41.0. The number of aliphatic hydroxyl groups is 1. The molecular formula is C73H142O17P2. The molecule has 17 nitrogen and oxygen atoms in total. The van der Waals surface area contributed by atoms with E-state index in [1.165, 1.54) is 186 Å². The molecule has 5 atom stereocenters. The molecule has 0 bridgehead atoms. The van der Waals surface area contributed by atoms with Crippen molar-refractivity contribution in [3.05, 3.63) is 0 Å². The Kier molecular flexibility index (Phi) is 63.7. The Morgan fingerprint density at radius 2 is 0.500 bits per heavy atom. The van der Waals surface area contributed by atoms with Crippen molar-refractivity contribution in [2.24, 2.45) is 11.8 Å². The van der Waals surface area contributed by atoms with Gasteiger partial charge in [-0.25, -0.2) is 9.13 Å². The van der Waals surface area contributed by atoms with Gasteiger partial charge >= 0.3 is 39.5 Å². The van der Waals surface area contributed by atoms with E-state index in [-0.39, 0.29) is 25.7 Å². The summed E-state index contributed by atoms with van der Waals surface area (Å²) in [5.41, 5.74) is 0. The second-order valence-electron chi connectivity index (χ2n) is 27.3. The monoisotopic (exact) mass is 1350 g/mol. The smallest absolute Gasteiger partial charge is 0.462 e. The molecule has 0 spiro atoms. The van der Waals surface area contributed by atoms with Crippen molar-refractivity contribution in [3.8, 4) is 0 Å². The summed E-state index contributed by atoms with van der Waals surface area (Å²) in [7, 11) is -9.90. The fourth-order valence-corrected chi connectivity index (χ4v) is 12.7. The lowest BCUT2D eigenvalue weighted by Gasteiger charge is -2.21. The van der Waals surface area contributed by atoms with E-state index in [1.54, 1.807) is 0 Å². The summed E-state index contributed by atoms with van der Waals surface area (Å²) in [5.74, 6) is -0.699. The number of aliphatic hydroxyl groups excluding tert-OH is 1. The van der Waals surface area contributed by atoms with Gasteiger partial charge in [0.15, 0.2) is 12.2 Å². The van der Waals surface area contributed by atoms with Crippen LogP contribution in [0.3, 0.4) is 0 Å². The zero-order valence-corrected chi connectivity index (χ0v) is 61.6. The molecule has 3 N–H and O–H groups in total. The summed E-state index contributed by atoms with van der Waals surface area (Å²) in [4.78, 5) is 72.6. The SMILES string of the molecule is CCCCCCCCCCCCCCCCCCCCCC(=O)O[C@H](COC(=O)CCCCCCCCCCCCCC)COP(=O)(O)OC[C@@H](O)COP(=O)(O)OC[C@@H](COC(=O)CCCCCCCCCC(C)C)OC(=O)CCCCCCCCCCC(C)C. The van der Waals surface area contributed by atoms with Gasteiger partial charge in [-0.3, -0.25) is 37.3 Å². The highest BCUT2D eigenvalue weighted by Crippen LogP contribution is 2.45. The highest BCUT2D eigenvalue weighted by atomic mass is 31.2. The third kappa shape index (κ3) is 66.7. The molecule has 0 aliphatic heterocycles. The van der Waals surface area contributed by atoms with Crippen molar-refractivity contribution in [2.45, 2.75) is 394 Å². The molecule has 0 amide bonds. The molecule has 19 heteroatoms. The largest absolute Gasteiger partial charge is 0.472 e. The minimum Gasteiger partial charge on any atom is -0.462 e. The molecule has 92 heavy (non-hydrogen) atoms. The Bertz CT molecular complexity index is 1790. The van der Waals surface area contributed by atoms with E-state index < -0.39 is 97.5 Å². The number of hydrogen-bond donors (Lipinski definition) is 3. The predicted octanol–water partition coefficient (Wildman–Crippen LogP) is 21.2. The minimum absolute atomic E-state index is 0.104. The van der Waals surface area contributed by atoms with Crippen molar-refractivity contribution in [1.29, 1.82) is 0 Å². The minimum atomic E-state index is -4.95. The van der Waals surface area contributed by atoms with E-state index in [2.05, 4.69) is 41.5 Å². The van der Waals surface area contributed by atoms with E-state index in [0.717, 1.165) is 102 Å². The fraction of sp³-hybridized carbons (Fsp3) is 0.945. The maximum Gasteiger partial charge on any atom is 0.472 e. The molecule has 546 valence electrons. The van der Waals surface area contributed by atoms with Gasteiger partial charge in [-0.05, 0) is 37.5 Å². The Balaban J connectivity index is 5.21. The molecule has 0 aliphatic rings. The Hall–Kier alpha value is -1.94. The van der Waals surface area contributed by atoms with E-state index in [4.69, 9.17) is 37.0 Å². The van der Waals surface area contributed by atoms with E-state index in [0.29, 0.717) is 31.6 Å². The van der Waals surface area contributed by atoms with Crippen LogP contribution in [0.1, 0.15) is 375 Å². The van der Waals surface area contributed by atoms with Gasteiger partial charge in [0.1, 0.15) is 19.3 Å². The van der Waals surface area contributed by atoms with Gasteiger partial charge in [-0.15, -0.1) is 0 Å². The number of carbonyl (C=O) groups is 4. The lowest BCUT2D eigenvalue weighted by Crippen LogP contribution is -2.30. The van der Waals surface area contributed by atoms with Crippen LogP contribution in [0.5, 0.6) is 0 Å². The number of carbonyl (C=O) groups excluding carboxylic acids is 4. The molecule has 0 fully saturated rings. The molecule has 2 unspecified atom stereocenters. The summed E-state index contributed by atoms with van der Waals surface area (Å²) in [6, 6.07) is 0. The zero-order chi connectivity index (χ0) is 67.9. The van der Waals surface area contributed by atoms with Gasteiger partial charge in [0.2, 0.25) is 0 Å². The maximum absolute atomic E-state index is 13.0. The second kappa shape index (κ2) is 65.0. The van der Waals surface area contributed by atoms with Crippen LogP contribution in [0.2, 0.25) is 0 Å². The molecule has 0 heterocycles. The second-order valence-corrected chi connectivity index (χ2v) is 30.2. The average molecular weight is 1350 g/mol. The molecule has 0 aliphatic carbocycles. The Labute approximate surface area is 562 Å². The molecule has 0 rings (SSSR count). The van der Waals surface area contributed by atoms with Crippen molar-refractivity contribution in [1.82, 2.24) is 0 Å². The normalized spacial score (nSPS) is 14.1. The first-order chi connectivity index (χ1) is 44.4. The predicted molar refractivity (Wildman–Crippen MR) is 372 cm³/mol. The number of phosphoric ester groups is 2. The zero-order valence-electron chi connectivity index (χ0n) is 59.9. The Morgan fingerprint density at radius 1 is 0.293 bits per heavy atom. The summed E-state index contributed by atoms with van der Waals surface area (Å²) in [6.07, 6.45) is 51.5. The van der Waals surface area contributed by atoms with Crippen molar-refractivity contribution < 1.29 is 80.2 Å². The molecule has 0 aromatic carbocycles. The molecule has 0 aromatic rings. The summed E-state index contributed by atoms with van der Waals surface area (Å²) in [6.45, 7) is 9.47. The molecule has 0 radical (unpaired) electrons. The number of ether oxygens (including phenoxy) is 4. The van der Waals surface area contributed by atoms with Crippen LogP contribution in [0.4, 0.5) is 0 Å². The summed E-state index contributed by atoms with van der Waals surface area (Å²) in [5, 5.41) is 10.6. The number of hydrogen-bond acceptors (Lipinski definition) is 15. The molecule has 0 aromatic heterocycles. The van der Waals surface area contributed by atoms with Gasteiger partial charge in [-0.1, -0.05) is 324 Å². The topological polar surface area (TPSA) is 237 Å². The van der Waals surface area contributed by atoms with Gasteiger partial charge in [-0.2, -0.15) is 0 Å². The summed E-state index contributed by atoms with van der Waals surface area (Å²) < 4.78 is 68.4. The van der Waals surface area contributed by atoms with E-state index in [9.17, 15) is 43.2 Å². The van der Waals surface area contributed by atoms with Crippen molar-refractivity contribution in [3.63, 3.8) is 0 Å². The number of unbranched alkanes of at least 4 members (excludes halogenated alkanes) is 42. The number of rotatable bonds is 72. The van der Waals surface area contributed by atoms with Crippen LogP contribution in [-0.4, -0.2) is 96.7 Å². The standard InChI is InChI=1S/C73H142O17P2/c1-7-9-11-13-15-17-19-21-22-23-24-25-26-27-29-31-38-45-51-57-72(77)89-68(61-83-70(75)55-49-43-37-30-28-20-18-16-14-12-10-8-2)63-87-91(79,80)85-59-67(74)60-86-92(81,82)88-64-69(62-84-71(76)56-50-44-40-34-36-42-48-54-66(5)6)90-73(78)58-52-46-39-33-32-35-41-47-53-65(3)4/h65-69,74H,7-64H2,1-6H3,(H,79,80)(H,81,82)/t67-,68-,69-/m1/s1. The number of esters is 4. The maximum atomic E-state index is 13.0. The van der Waals surface area contributed by atoms with Gasteiger partial charge in [0.25, 0.3) is 0 Å². The molecule has 0 saturated heterocycles. The van der Waals surface area contributed by atoms with Crippen molar-refractivity contribution in [2.75, 3.05) is 39.6 Å². The van der Waals surface area contributed by atoms with Crippen LogP contribution >= 0.6 is 15.6 Å². The van der Waals surface area contributed by atoms with Crippen LogP contribution in [0.15, 0.2) is 0 Å². The lowest BCUT2D eigenvalue weighted by molar-refractivity contribution is -0.161. The van der Waals surface area contributed by atoms with Crippen LogP contribution in [-0.2, 0) is 65.4 Å². The first kappa shape index (κ1) is 90.1. The van der Waals surface area contributed by atoms with Gasteiger partial charge < -0.3 is 33.8 Å². The summed E-state index contributed by atoms with van der Waals surface area (Å²) >= 11 is 0. The van der Waals surface area contributed by atoms with Crippen molar-refractivity contribution >= 4 is 39.5 Å². The van der Waals surface area contributed by atoms with Gasteiger partial charge in [0.05, 0.1) is 26.4 Å². The molecular weight excluding hydrogens is 1210 g/mol. The first-order valence-electron chi connectivity index (χ1n) is 38.0. The fourth-order valence-electron chi connectivity index (χ4n) is 11.1. The third-order valence-electron chi connectivity index (χ3n) is 17.0. The Morgan fingerprint density at radius 3 is 0.739 bits per heavy atom. The lowest BCUT2D eigenvalue weighted by atomic mass is 10.0. The quantitative estimate of drug-likeness (QED) is 0.0222. The van der Waals surface area contributed by atoms with Gasteiger partial charge in [0, 0.05) is 25.7 Å². The van der Waals surface area contributed by atoms with E-state index >= 15 is 0 Å². The average Bonchev–Trinajstić information content (AvgIpc) is 1.45. The molecule has 0 saturated carbocycles. The van der Waals surface area contributed by atoms with Crippen LogP contribution in [0.25, 0.3) is 0 Å². The number of phosphoric acid groups is 2. The van der Waals surface area contributed by atoms with E-state index in [1.807, 2.05) is 0 Å². The van der Waals surface area contributed by atoms with Crippen LogP contribution in [0, 0.1) is 11.8 Å². The highest BCUT2D eigenvalue weighted by molar-refractivity contribution is 7.47.